The van der Waals surface area contributed by atoms with Gasteiger partial charge in [-0.25, -0.2) is 0 Å². The zero-order valence-electron chi connectivity index (χ0n) is 24.2. The van der Waals surface area contributed by atoms with Crippen LogP contribution in [0.15, 0.2) is 81.0 Å². The third kappa shape index (κ3) is 12.2. The van der Waals surface area contributed by atoms with Crippen LogP contribution in [0.2, 0.25) is 0 Å². The second-order valence-electron chi connectivity index (χ2n) is 10.8. The van der Waals surface area contributed by atoms with Crippen molar-refractivity contribution in [2.45, 2.75) is 93.5 Å². The molecular weight excluding hydrogens is 714 g/mol. The quantitative estimate of drug-likeness (QED) is 0.262. The van der Waals surface area contributed by atoms with Crippen molar-refractivity contribution >= 4 is 101 Å². The van der Waals surface area contributed by atoms with Gasteiger partial charge in [0.05, 0.1) is 11.4 Å². The van der Waals surface area contributed by atoms with E-state index in [1.54, 1.807) is 0 Å². The number of benzene rings is 3. The number of rotatable bonds is 4. The molecule has 3 aromatic rings. The maximum Gasteiger partial charge on any atom is 0.0556 e. The van der Waals surface area contributed by atoms with E-state index in [0.717, 1.165) is 13.1 Å². The highest BCUT2D eigenvalue weighted by Crippen LogP contribution is 2.48. The Labute approximate surface area is 297 Å². The van der Waals surface area contributed by atoms with E-state index in [1.165, 1.54) is 120 Å². The zero-order chi connectivity index (χ0) is 25.3. The number of halogens is 6. The number of hydrogen-bond donors (Lipinski definition) is 0. The van der Waals surface area contributed by atoms with Gasteiger partial charge in [-0.3, -0.25) is 4.90 Å². The molecule has 5 rings (SSSR count). The summed E-state index contributed by atoms with van der Waals surface area (Å²) in [6.45, 7) is 4.38. The molecule has 0 aromatic heterocycles. The van der Waals surface area contributed by atoms with Gasteiger partial charge in [-0.2, -0.15) is 0 Å². The van der Waals surface area contributed by atoms with Gasteiger partial charge in [-0.05, 0) is 73.5 Å². The molecule has 2 nitrogen and oxygen atoms in total. The SMILES string of the molecule is Brc1cc(CN2CCCCCCCCCCCCC2)cc(CN2c3ccccc3Sc3ccccc32)c1.Cl.Cl.Cl.Cl.Cl. The molecule has 0 bridgehead atoms. The van der Waals surface area contributed by atoms with Crippen molar-refractivity contribution < 1.29 is 0 Å². The Morgan fingerprint density at radius 3 is 1.40 bits per heavy atom. The number of hydrogen-bond acceptors (Lipinski definition) is 3. The predicted octanol–water partition coefficient (Wildman–Crippen LogP) is 12.5. The van der Waals surface area contributed by atoms with E-state index in [4.69, 9.17) is 0 Å². The second kappa shape index (κ2) is 22.2. The van der Waals surface area contributed by atoms with Gasteiger partial charge in [0.25, 0.3) is 0 Å². The smallest absolute Gasteiger partial charge is 0.0556 e. The minimum Gasteiger partial charge on any atom is -0.335 e. The van der Waals surface area contributed by atoms with Crippen LogP contribution in [-0.4, -0.2) is 18.0 Å². The van der Waals surface area contributed by atoms with Crippen LogP contribution < -0.4 is 4.90 Å². The van der Waals surface area contributed by atoms with Crippen LogP contribution in [0.3, 0.4) is 0 Å². The minimum atomic E-state index is 0. The first kappa shape index (κ1) is 41.7. The Morgan fingerprint density at radius 1 is 0.524 bits per heavy atom. The number of para-hydroxylation sites is 2. The summed E-state index contributed by atoms with van der Waals surface area (Å²) < 4.78 is 1.19. The van der Waals surface area contributed by atoms with Crippen LogP contribution in [0.5, 0.6) is 0 Å². The topological polar surface area (TPSA) is 6.48 Å². The standard InChI is InChI=1S/C33H41BrN2S.5ClH/c34-29-23-27(25-35-20-14-8-6-4-2-1-3-5-7-9-15-21-35)22-28(24-29)26-36-30-16-10-12-18-32(30)37-33-19-13-11-17-31(33)36;;;;;/h10-13,16-19,22-24H,1-9,14-15,20-21,25-26H2;5*1H. The van der Waals surface area contributed by atoms with Crippen molar-refractivity contribution in [3.05, 3.63) is 82.3 Å². The van der Waals surface area contributed by atoms with E-state index in [-0.39, 0.29) is 62.0 Å². The normalized spacial score (nSPS) is 15.9. The van der Waals surface area contributed by atoms with Crippen molar-refractivity contribution in [2.24, 2.45) is 0 Å². The first-order valence-electron chi connectivity index (χ1n) is 14.4. The molecule has 2 aliphatic heterocycles. The lowest BCUT2D eigenvalue weighted by molar-refractivity contribution is 0.251. The predicted molar refractivity (Wildman–Crippen MR) is 199 cm³/mol. The van der Waals surface area contributed by atoms with Crippen LogP contribution >= 0.6 is 89.7 Å². The first-order chi connectivity index (χ1) is 18.3. The molecule has 9 heteroatoms. The van der Waals surface area contributed by atoms with Gasteiger partial charge in [0.1, 0.15) is 0 Å². The Hall–Kier alpha value is -0.300. The molecule has 1 fully saturated rings. The summed E-state index contributed by atoms with van der Waals surface area (Å²) in [7, 11) is 0. The van der Waals surface area contributed by atoms with E-state index in [1.807, 2.05) is 11.8 Å². The molecule has 2 heterocycles. The Morgan fingerprint density at radius 2 is 0.929 bits per heavy atom. The van der Waals surface area contributed by atoms with E-state index < -0.39 is 0 Å². The lowest BCUT2D eigenvalue weighted by Gasteiger charge is -2.33. The summed E-state index contributed by atoms with van der Waals surface area (Å²) in [4.78, 5) is 7.89. The molecule has 1 saturated heterocycles. The largest absolute Gasteiger partial charge is 0.335 e. The average molecular weight is 760 g/mol. The third-order valence-electron chi connectivity index (χ3n) is 7.74. The summed E-state index contributed by atoms with van der Waals surface area (Å²) in [6.07, 6.45) is 15.4. The molecule has 236 valence electrons. The van der Waals surface area contributed by atoms with Crippen molar-refractivity contribution in [3.8, 4) is 0 Å². The third-order valence-corrected chi connectivity index (χ3v) is 9.33. The lowest BCUT2D eigenvalue weighted by Crippen LogP contribution is -2.26. The highest BCUT2D eigenvalue weighted by Gasteiger charge is 2.23. The second-order valence-corrected chi connectivity index (χ2v) is 12.8. The fourth-order valence-electron chi connectivity index (χ4n) is 5.82. The highest BCUT2D eigenvalue weighted by atomic mass is 79.9. The first-order valence-corrected chi connectivity index (χ1v) is 16.0. The molecule has 0 saturated carbocycles. The molecule has 0 N–H and O–H groups in total. The van der Waals surface area contributed by atoms with Gasteiger partial charge in [0, 0.05) is 27.4 Å². The Bertz CT molecular complexity index is 1110. The maximum absolute atomic E-state index is 3.85. The van der Waals surface area contributed by atoms with Crippen LogP contribution in [0, 0.1) is 0 Å². The molecule has 0 aliphatic carbocycles. The summed E-state index contributed by atoms with van der Waals surface area (Å²) in [5.74, 6) is 0. The van der Waals surface area contributed by atoms with Crippen LogP contribution in [0.4, 0.5) is 11.4 Å². The molecule has 42 heavy (non-hydrogen) atoms. The fourth-order valence-corrected chi connectivity index (χ4v) is 7.51. The number of anilines is 2. The van der Waals surface area contributed by atoms with E-state index >= 15 is 0 Å². The van der Waals surface area contributed by atoms with Crippen molar-refractivity contribution in [1.82, 2.24) is 4.90 Å². The van der Waals surface area contributed by atoms with E-state index in [0.29, 0.717) is 0 Å². The van der Waals surface area contributed by atoms with Crippen molar-refractivity contribution in [1.29, 1.82) is 0 Å². The van der Waals surface area contributed by atoms with E-state index in [9.17, 15) is 0 Å². The van der Waals surface area contributed by atoms with Gasteiger partial charge < -0.3 is 4.90 Å². The van der Waals surface area contributed by atoms with Gasteiger partial charge in [0.2, 0.25) is 0 Å². The Balaban J connectivity index is 0.00000336. The van der Waals surface area contributed by atoms with Gasteiger partial charge in [-0.15, -0.1) is 62.0 Å². The molecule has 0 unspecified atom stereocenters. The number of fused-ring (bicyclic) bond motifs is 2. The highest BCUT2D eigenvalue weighted by molar-refractivity contribution is 9.10. The van der Waals surface area contributed by atoms with Gasteiger partial charge in [-0.1, -0.05) is 116 Å². The van der Waals surface area contributed by atoms with Crippen LogP contribution in [0.25, 0.3) is 0 Å². The van der Waals surface area contributed by atoms with Gasteiger partial charge in [0.15, 0.2) is 0 Å². The maximum atomic E-state index is 3.85. The molecule has 2 aliphatic rings. The molecular formula is C33H46BrCl5N2S. The van der Waals surface area contributed by atoms with Crippen LogP contribution in [-0.2, 0) is 13.1 Å². The molecule has 0 amide bonds. The molecule has 0 radical (unpaired) electrons. The zero-order valence-corrected chi connectivity index (χ0v) is 30.7. The molecule has 0 spiro atoms. The van der Waals surface area contributed by atoms with Gasteiger partial charge >= 0.3 is 0 Å². The van der Waals surface area contributed by atoms with Crippen molar-refractivity contribution in [2.75, 3.05) is 18.0 Å². The summed E-state index contributed by atoms with van der Waals surface area (Å²) in [5, 5.41) is 0. The fraction of sp³-hybridized carbons (Fsp3) is 0.455. The van der Waals surface area contributed by atoms with Crippen LogP contribution in [0.1, 0.15) is 81.8 Å². The summed E-state index contributed by atoms with van der Waals surface area (Å²) in [5.41, 5.74) is 5.41. The summed E-state index contributed by atoms with van der Waals surface area (Å²) in [6, 6.07) is 24.7. The number of nitrogens with zero attached hydrogens (tertiary/aromatic N) is 2. The molecule has 0 atom stereocenters. The van der Waals surface area contributed by atoms with E-state index in [2.05, 4.69) is 92.5 Å². The minimum absolute atomic E-state index is 0. The molecule has 3 aromatic carbocycles. The van der Waals surface area contributed by atoms with Crippen molar-refractivity contribution in [3.63, 3.8) is 0 Å². The monoisotopic (exact) mass is 756 g/mol. The summed E-state index contributed by atoms with van der Waals surface area (Å²) >= 11 is 5.73. The lowest BCUT2D eigenvalue weighted by atomic mass is 10.0. The Kier molecular flexibility index (Phi) is 22.1. The average Bonchev–Trinajstić information content (AvgIpc) is 2.90.